The minimum atomic E-state index is 0.267. The normalized spacial score (nSPS) is 9.25. The van der Waals surface area contributed by atoms with Gasteiger partial charge in [0.25, 0.3) is 0 Å². The van der Waals surface area contributed by atoms with Crippen molar-refractivity contribution in [3.05, 3.63) is 60.7 Å². The SMILES string of the molecule is C(#C[Se]c1ccccc1)Sc1ccccc1. The van der Waals surface area contributed by atoms with Crippen molar-refractivity contribution >= 4 is 31.2 Å². The third-order valence-corrected chi connectivity index (χ3v) is 4.36. The third kappa shape index (κ3) is 3.79. The fraction of sp³-hybridized carbons (Fsp3) is 0. The summed E-state index contributed by atoms with van der Waals surface area (Å²) in [5, 5.41) is 3.14. The quantitative estimate of drug-likeness (QED) is 0.465. The molecule has 0 radical (unpaired) electrons. The van der Waals surface area contributed by atoms with Gasteiger partial charge in [-0.05, 0) is 0 Å². The van der Waals surface area contributed by atoms with Gasteiger partial charge >= 0.3 is 107 Å². The predicted octanol–water partition coefficient (Wildman–Crippen LogP) is 2.73. The summed E-state index contributed by atoms with van der Waals surface area (Å²) in [6.45, 7) is 0. The van der Waals surface area contributed by atoms with E-state index in [1.54, 1.807) is 11.8 Å². The zero-order valence-corrected chi connectivity index (χ0v) is 11.1. The first-order valence-corrected chi connectivity index (χ1v) is 7.42. The molecular formula is C14H10SSe. The molecule has 0 saturated carbocycles. The van der Waals surface area contributed by atoms with Crippen LogP contribution in [0, 0.1) is 10.1 Å². The number of hydrogen-bond donors (Lipinski definition) is 0. The molecule has 0 N–H and O–H groups in total. The van der Waals surface area contributed by atoms with Gasteiger partial charge in [-0.3, -0.25) is 0 Å². The second-order valence-corrected chi connectivity index (χ2v) is 5.76. The summed E-state index contributed by atoms with van der Waals surface area (Å²) in [5.74, 6) is 0. The van der Waals surface area contributed by atoms with E-state index in [1.165, 1.54) is 9.36 Å². The molecule has 0 atom stereocenters. The average Bonchev–Trinajstić information content (AvgIpc) is 2.37. The van der Waals surface area contributed by atoms with Crippen LogP contribution < -0.4 is 4.46 Å². The Labute approximate surface area is 107 Å². The fourth-order valence-electron chi connectivity index (χ4n) is 1.14. The second kappa shape index (κ2) is 6.45. The zero-order chi connectivity index (χ0) is 11.1. The first-order valence-electron chi connectivity index (χ1n) is 4.89. The minimum absolute atomic E-state index is 0.267. The number of benzene rings is 2. The van der Waals surface area contributed by atoms with Crippen molar-refractivity contribution in [2.24, 2.45) is 0 Å². The molecule has 2 aromatic carbocycles. The first kappa shape index (κ1) is 11.4. The molecule has 0 spiro atoms. The molecule has 16 heavy (non-hydrogen) atoms. The van der Waals surface area contributed by atoms with Crippen molar-refractivity contribution in [3.8, 4) is 10.1 Å². The fourth-order valence-corrected chi connectivity index (χ4v) is 3.02. The molecule has 2 heteroatoms. The maximum atomic E-state index is 3.23. The molecule has 2 rings (SSSR count). The van der Waals surface area contributed by atoms with Crippen molar-refractivity contribution in [1.82, 2.24) is 0 Å². The van der Waals surface area contributed by atoms with Crippen LogP contribution in [0.2, 0.25) is 0 Å². The Bertz CT molecular complexity index is 437. The summed E-state index contributed by atoms with van der Waals surface area (Å²) >= 11 is 1.86. The van der Waals surface area contributed by atoms with Gasteiger partial charge in [0.1, 0.15) is 0 Å². The molecule has 0 amide bonds. The third-order valence-electron chi connectivity index (χ3n) is 1.87. The van der Waals surface area contributed by atoms with E-state index in [0.717, 1.165) is 0 Å². The molecule has 78 valence electrons. The van der Waals surface area contributed by atoms with Gasteiger partial charge in [0.2, 0.25) is 0 Å². The van der Waals surface area contributed by atoms with Crippen LogP contribution in [0.4, 0.5) is 0 Å². The van der Waals surface area contributed by atoms with Crippen LogP contribution in [0.5, 0.6) is 0 Å². The molecule has 2 aromatic rings. The van der Waals surface area contributed by atoms with Crippen LogP contribution in [-0.2, 0) is 0 Å². The molecule has 0 heterocycles. The Morgan fingerprint density at radius 2 is 1.44 bits per heavy atom. The Morgan fingerprint density at radius 1 is 0.812 bits per heavy atom. The van der Waals surface area contributed by atoms with Gasteiger partial charge < -0.3 is 0 Å². The van der Waals surface area contributed by atoms with E-state index in [4.69, 9.17) is 0 Å². The van der Waals surface area contributed by atoms with Crippen LogP contribution in [0.1, 0.15) is 0 Å². The molecule has 0 aliphatic carbocycles. The summed E-state index contributed by atoms with van der Waals surface area (Å²) in [5.41, 5.74) is 0. The van der Waals surface area contributed by atoms with Gasteiger partial charge in [0.15, 0.2) is 0 Å². The van der Waals surface area contributed by atoms with E-state index < -0.39 is 0 Å². The molecule has 0 aromatic heterocycles. The van der Waals surface area contributed by atoms with Crippen molar-refractivity contribution in [1.29, 1.82) is 0 Å². The van der Waals surface area contributed by atoms with E-state index in [9.17, 15) is 0 Å². The van der Waals surface area contributed by atoms with Gasteiger partial charge in [-0.25, -0.2) is 0 Å². The molecule has 0 aliphatic rings. The summed E-state index contributed by atoms with van der Waals surface area (Å²) < 4.78 is 1.33. The van der Waals surface area contributed by atoms with Crippen molar-refractivity contribution in [3.63, 3.8) is 0 Å². The molecule has 0 aliphatic heterocycles. The molecular weight excluding hydrogens is 279 g/mol. The van der Waals surface area contributed by atoms with E-state index >= 15 is 0 Å². The summed E-state index contributed by atoms with van der Waals surface area (Å²) in [6, 6.07) is 20.6. The van der Waals surface area contributed by atoms with Crippen LogP contribution >= 0.6 is 11.8 Å². The standard InChI is InChI=1S/C14H10SSe/c1-3-7-13(8-4-1)15-11-12-16-14-9-5-2-6-10-14/h1-10H. The first-order chi connectivity index (χ1) is 7.95. The summed E-state index contributed by atoms with van der Waals surface area (Å²) in [6.07, 6.45) is 0. The number of hydrogen-bond acceptors (Lipinski definition) is 1. The monoisotopic (exact) mass is 290 g/mol. The second-order valence-electron chi connectivity index (χ2n) is 3.03. The van der Waals surface area contributed by atoms with Crippen LogP contribution in [0.3, 0.4) is 0 Å². The Kier molecular flexibility index (Phi) is 4.58. The molecule has 0 bridgehead atoms. The number of thioether (sulfide) groups is 1. The Morgan fingerprint density at radius 3 is 2.12 bits per heavy atom. The van der Waals surface area contributed by atoms with E-state index in [2.05, 4.69) is 46.5 Å². The van der Waals surface area contributed by atoms with Crippen LogP contribution in [0.15, 0.2) is 65.6 Å². The van der Waals surface area contributed by atoms with Crippen molar-refractivity contribution in [2.45, 2.75) is 4.90 Å². The van der Waals surface area contributed by atoms with Crippen molar-refractivity contribution < 1.29 is 0 Å². The van der Waals surface area contributed by atoms with Crippen LogP contribution in [0.25, 0.3) is 0 Å². The van der Waals surface area contributed by atoms with Gasteiger partial charge in [-0.15, -0.1) is 0 Å². The topological polar surface area (TPSA) is 0 Å². The van der Waals surface area contributed by atoms with Gasteiger partial charge in [-0.1, -0.05) is 0 Å². The van der Waals surface area contributed by atoms with Gasteiger partial charge in [0.05, 0.1) is 0 Å². The molecule has 0 fully saturated rings. The average molecular weight is 289 g/mol. The number of rotatable bonds is 2. The van der Waals surface area contributed by atoms with Crippen molar-refractivity contribution in [2.75, 3.05) is 0 Å². The Hall–Kier alpha value is -1.13. The summed E-state index contributed by atoms with van der Waals surface area (Å²) in [7, 11) is 0. The predicted molar refractivity (Wildman–Crippen MR) is 71.9 cm³/mol. The van der Waals surface area contributed by atoms with E-state index in [0.29, 0.717) is 0 Å². The molecule has 0 unspecified atom stereocenters. The van der Waals surface area contributed by atoms with E-state index in [1.807, 2.05) is 24.3 Å². The van der Waals surface area contributed by atoms with Crippen LogP contribution in [-0.4, -0.2) is 15.0 Å². The molecule has 0 nitrogen and oxygen atoms in total. The van der Waals surface area contributed by atoms with Gasteiger partial charge in [-0.2, -0.15) is 0 Å². The zero-order valence-electron chi connectivity index (χ0n) is 8.59. The molecule has 0 saturated heterocycles. The maximum absolute atomic E-state index is 3.23. The van der Waals surface area contributed by atoms with E-state index in [-0.39, 0.29) is 15.0 Å². The summed E-state index contributed by atoms with van der Waals surface area (Å²) in [4.78, 5) is 4.43. The Balaban J connectivity index is 1.88. The van der Waals surface area contributed by atoms with Gasteiger partial charge in [0, 0.05) is 0 Å².